The molecule has 0 aliphatic carbocycles. The van der Waals surface area contributed by atoms with E-state index in [0.29, 0.717) is 11.4 Å². The van der Waals surface area contributed by atoms with Crippen molar-refractivity contribution in [1.82, 2.24) is 0 Å². The number of ether oxygens (including phenoxy) is 1. The summed E-state index contributed by atoms with van der Waals surface area (Å²) in [5, 5.41) is 14.1. The van der Waals surface area contributed by atoms with E-state index >= 15 is 0 Å². The lowest BCUT2D eigenvalue weighted by molar-refractivity contribution is -0.384. The van der Waals surface area contributed by atoms with Crippen molar-refractivity contribution in [3.8, 4) is 0 Å². The van der Waals surface area contributed by atoms with Gasteiger partial charge in [0.15, 0.2) is 6.61 Å². The summed E-state index contributed by atoms with van der Waals surface area (Å²) in [6.07, 6.45) is 3.08. The fraction of sp³-hybridized carbons (Fsp3) is 0.333. The minimum absolute atomic E-state index is 0.0422. The normalized spacial score (nSPS) is 13.6. The van der Waals surface area contributed by atoms with Crippen LogP contribution in [0.2, 0.25) is 0 Å². The van der Waals surface area contributed by atoms with Crippen molar-refractivity contribution in [3.63, 3.8) is 0 Å². The van der Waals surface area contributed by atoms with E-state index in [2.05, 4.69) is 5.32 Å². The molecule has 1 heterocycles. The predicted molar refractivity (Wildman–Crippen MR) is 109 cm³/mol. The summed E-state index contributed by atoms with van der Waals surface area (Å²) in [7, 11) is 0. The molecule has 1 saturated heterocycles. The SMILES string of the molecule is Cc1ccc(NC(=O)COC(=O)c2ccc(N3CCCCC3)c([N+](=O)[O-])c2)cc1. The van der Waals surface area contributed by atoms with Gasteiger partial charge in [0, 0.05) is 24.8 Å². The number of nitrogens with one attached hydrogen (secondary N) is 1. The molecule has 2 aromatic rings. The number of amides is 1. The van der Waals surface area contributed by atoms with Crippen LogP contribution in [0, 0.1) is 17.0 Å². The third kappa shape index (κ3) is 5.31. The topological polar surface area (TPSA) is 102 Å². The number of carbonyl (C=O) groups is 2. The van der Waals surface area contributed by atoms with E-state index in [1.165, 1.54) is 12.1 Å². The van der Waals surface area contributed by atoms with Crippen molar-refractivity contribution in [2.75, 3.05) is 29.9 Å². The lowest BCUT2D eigenvalue weighted by Gasteiger charge is -2.28. The quantitative estimate of drug-likeness (QED) is 0.453. The van der Waals surface area contributed by atoms with Gasteiger partial charge in [0.25, 0.3) is 11.6 Å². The van der Waals surface area contributed by atoms with Gasteiger partial charge in [-0.2, -0.15) is 0 Å². The summed E-state index contributed by atoms with van der Waals surface area (Å²) in [6, 6.07) is 11.5. The van der Waals surface area contributed by atoms with Gasteiger partial charge in [-0.25, -0.2) is 4.79 Å². The Hall–Kier alpha value is -3.42. The van der Waals surface area contributed by atoms with Crippen LogP contribution in [-0.2, 0) is 9.53 Å². The van der Waals surface area contributed by atoms with E-state index < -0.39 is 23.4 Å². The van der Waals surface area contributed by atoms with Crippen molar-refractivity contribution in [3.05, 3.63) is 63.7 Å². The summed E-state index contributed by atoms with van der Waals surface area (Å²) in [6.45, 7) is 2.96. The number of carbonyl (C=O) groups excluding carboxylic acids is 2. The Bertz CT molecular complexity index is 905. The van der Waals surface area contributed by atoms with Gasteiger partial charge in [0.05, 0.1) is 10.5 Å². The summed E-state index contributed by atoms with van der Waals surface area (Å²) in [4.78, 5) is 37.2. The van der Waals surface area contributed by atoms with Gasteiger partial charge >= 0.3 is 5.97 Å². The molecule has 1 aliphatic rings. The molecule has 0 radical (unpaired) electrons. The first-order valence-electron chi connectivity index (χ1n) is 9.51. The second kappa shape index (κ2) is 9.18. The maximum Gasteiger partial charge on any atom is 0.338 e. The third-order valence-electron chi connectivity index (χ3n) is 4.77. The van der Waals surface area contributed by atoms with Crippen LogP contribution in [0.1, 0.15) is 35.2 Å². The van der Waals surface area contributed by atoms with Gasteiger partial charge < -0.3 is 15.0 Å². The first kappa shape index (κ1) is 20.3. The molecule has 1 amide bonds. The van der Waals surface area contributed by atoms with Crippen molar-refractivity contribution in [1.29, 1.82) is 0 Å². The molecule has 0 unspecified atom stereocenters. The average molecular weight is 397 g/mol. The number of nitro benzene ring substituents is 1. The number of nitro groups is 1. The molecule has 152 valence electrons. The molecule has 8 heteroatoms. The fourth-order valence-electron chi connectivity index (χ4n) is 3.25. The Morgan fingerprint density at radius 3 is 2.45 bits per heavy atom. The van der Waals surface area contributed by atoms with Gasteiger partial charge in [0.1, 0.15) is 5.69 Å². The lowest BCUT2D eigenvalue weighted by Crippen LogP contribution is -2.30. The highest BCUT2D eigenvalue weighted by molar-refractivity contribution is 5.96. The van der Waals surface area contributed by atoms with Crippen molar-refractivity contribution in [2.24, 2.45) is 0 Å². The van der Waals surface area contributed by atoms with E-state index in [1.54, 1.807) is 18.2 Å². The van der Waals surface area contributed by atoms with Crippen LogP contribution in [0.15, 0.2) is 42.5 Å². The second-order valence-electron chi connectivity index (χ2n) is 7.00. The highest BCUT2D eigenvalue weighted by Gasteiger charge is 2.23. The van der Waals surface area contributed by atoms with Gasteiger partial charge in [0.2, 0.25) is 0 Å². The molecule has 3 rings (SSSR count). The highest BCUT2D eigenvalue weighted by Crippen LogP contribution is 2.31. The number of benzene rings is 2. The van der Waals surface area contributed by atoms with Crippen molar-refractivity contribution < 1.29 is 19.2 Å². The standard InChI is InChI=1S/C21H23N3O5/c1-15-5-8-17(9-6-15)22-20(25)14-29-21(26)16-7-10-18(19(13-16)24(27)28)23-11-3-2-4-12-23/h5-10,13H,2-4,11-12,14H2,1H3,(H,22,25). The summed E-state index contributed by atoms with van der Waals surface area (Å²) < 4.78 is 5.02. The number of anilines is 2. The zero-order chi connectivity index (χ0) is 20.8. The van der Waals surface area contributed by atoms with Crippen LogP contribution in [0.25, 0.3) is 0 Å². The maximum absolute atomic E-state index is 12.3. The minimum Gasteiger partial charge on any atom is -0.452 e. The highest BCUT2D eigenvalue weighted by atomic mass is 16.6. The Morgan fingerprint density at radius 2 is 1.79 bits per heavy atom. The lowest BCUT2D eigenvalue weighted by atomic mass is 10.1. The molecular formula is C21H23N3O5. The summed E-state index contributed by atoms with van der Waals surface area (Å²) in [5.41, 5.74) is 2.07. The van der Waals surface area contributed by atoms with E-state index in [0.717, 1.165) is 37.9 Å². The Balaban J connectivity index is 1.64. The van der Waals surface area contributed by atoms with Gasteiger partial charge in [-0.1, -0.05) is 17.7 Å². The summed E-state index contributed by atoms with van der Waals surface area (Å²) >= 11 is 0. The molecular weight excluding hydrogens is 374 g/mol. The van der Waals surface area contributed by atoms with Gasteiger partial charge in [-0.05, 0) is 50.5 Å². The van der Waals surface area contributed by atoms with Gasteiger partial charge in [-0.15, -0.1) is 0 Å². The van der Waals surface area contributed by atoms with E-state index in [-0.39, 0.29) is 11.3 Å². The Labute approximate surface area is 168 Å². The third-order valence-corrected chi connectivity index (χ3v) is 4.77. The monoisotopic (exact) mass is 397 g/mol. The fourth-order valence-corrected chi connectivity index (χ4v) is 3.25. The molecule has 8 nitrogen and oxygen atoms in total. The first-order chi connectivity index (χ1) is 13.9. The van der Waals surface area contributed by atoms with E-state index in [4.69, 9.17) is 4.74 Å². The Kier molecular flexibility index (Phi) is 6.43. The van der Waals surface area contributed by atoms with Gasteiger partial charge in [-0.3, -0.25) is 14.9 Å². The zero-order valence-corrected chi connectivity index (χ0v) is 16.2. The molecule has 0 spiro atoms. The molecule has 0 aromatic heterocycles. The van der Waals surface area contributed by atoms with Crippen molar-refractivity contribution in [2.45, 2.75) is 26.2 Å². The molecule has 0 bridgehead atoms. The molecule has 1 aliphatic heterocycles. The average Bonchev–Trinajstić information content (AvgIpc) is 2.74. The van der Waals surface area contributed by atoms with E-state index in [1.807, 2.05) is 24.0 Å². The number of piperidine rings is 1. The maximum atomic E-state index is 12.3. The van der Waals surface area contributed by atoms with Crippen LogP contribution in [0.5, 0.6) is 0 Å². The van der Waals surface area contributed by atoms with Crippen LogP contribution < -0.4 is 10.2 Å². The van der Waals surface area contributed by atoms with Crippen LogP contribution >= 0.6 is 0 Å². The smallest absolute Gasteiger partial charge is 0.338 e. The largest absolute Gasteiger partial charge is 0.452 e. The minimum atomic E-state index is -0.780. The number of rotatable bonds is 6. The molecule has 1 fully saturated rings. The number of hydrogen-bond acceptors (Lipinski definition) is 6. The second-order valence-corrected chi connectivity index (χ2v) is 7.00. The number of esters is 1. The number of aryl methyl sites for hydroxylation is 1. The molecule has 1 N–H and O–H groups in total. The first-order valence-corrected chi connectivity index (χ1v) is 9.51. The molecule has 0 saturated carbocycles. The Morgan fingerprint density at radius 1 is 1.10 bits per heavy atom. The van der Waals surface area contributed by atoms with Crippen LogP contribution in [0.4, 0.5) is 17.1 Å². The number of nitrogens with zero attached hydrogens (tertiary/aromatic N) is 2. The molecule has 29 heavy (non-hydrogen) atoms. The van der Waals surface area contributed by atoms with E-state index in [9.17, 15) is 19.7 Å². The zero-order valence-electron chi connectivity index (χ0n) is 16.2. The van der Waals surface area contributed by atoms with Crippen LogP contribution in [0.3, 0.4) is 0 Å². The van der Waals surface area contributed by atoms with Crippen molar-refractivity contribution >= 4 is 28.9 Å². The molecule has 0 atom stereocenters. The predicted octanol–water partition coefficient (Wildman–Crippen LogP) is 3.69. The van der Waals surface area contributed by atoms with Crippen LogP contribution in [-0.4, -0.2) is 36.5 Å². The number of hydrogen-bond donors (Lipinski definition) is 1. The summed E-state index contributed by atoms with van der Waals surface area (Å²) in [5.74, 6) is -1.26. The molecule has 2 aromatic carbocycles.